The number of carbonyl (C=O) groups excluding carboxylic acids is 1. The molecule has 0 aliphatic carbocycles. The molecule has 1 N–H and O–H groups in total. The number of hydrogen-bond acceptors (Lipinski definition) is 3. The third-order valence-electron chi connectivity index (χ3n) is 2.93. The van der Waals surface area contributed by atoms with Crippen LogP contribution in [0.5, 0.6) is 0 Å². The normalized spacial score (nSPS) is 10.3. The average Bonchev–Trinajstić information content (AvgIpc) is 3.03. The predicted molar refractivity (Wildman–Crippen MR) is 81.9 cm³/mol. The molecule has 3 nitrogen and oxygen atoms in total. The van der Waals surface area contributed by atoms with Crippen LogP contribution < -0.4 is 5.32 Å². The number of thiazole rings is 1. The molecule has 0 fully saturated rings. The van der Waals surface area contributed by atoms with Gasteiger partial charge in [0.25, 0.3) is 5.91 Å². The molecule has 0 unspecified atom stereocenters. The number of nitrogens with zero attached hydrogens (tertiary/aromatic N) is 1. The Morgan fingerprint density at radius 1 is 1.05 bits per heavy atom. The minimum atomic E-state index is -0.362. The van der Waals surface area contributed by atoms with Crippen molar-refractivity contribution in [2.75, 3.05) is 5.32 Å². The summed E-state index contributed by atoms with van der Waals surface area (Å²) in [6.45, 7) is 0. The summed E-state index contributed by atoms with van der Waals surface area (Å²) in [7, 11) is 0. The fourth-order valence-electron chi connectivity index (χ4n) is 1.87. The van der Waals surface area contributed by atoms with Crippen molar-refractivity contribution in [1.82, 2.24) is 4.98 Å². The fraction of sp³-hybridized carbons (Fsp3) is 0. The van der Waals surface area contributed by atoms with Gasteiger partial charge in [-0.1, -0.05) is 0 Å². The Balaban J connectivity index is 1.73. The van der Waals surface area contributed by atoms with Gasteiger partial charge in [0.05, 0.1) is 0 Å². The van der Waals surface area contributed by atoms with Gasteiger partial charge in [0.2, 0.25) is 0 Å². The van der Waals surface area contributed by atoms with Gasteiger partial charge < -0.3 is 5.32 Å². The molecule has 0 atom stereocenters. The second kappa shape index (κ2) is 5.85. The second-order valence-electron chi connectivity index (χ2n) is 4.38. The van der Waals surface area contributed by atoms with Gasteiger partial charge in [-0.3, -0.25) is 4.79 Å². The summed E-state index contributed by atoms with van der Waals surface area (Å²) in [6, 6.07) is 12.9. The fourth-order valence-corrected chi connectivity index (χ4v) is 2.51. The average molecular weight is 298 g/mol. The summed E-state index contributed by atoms with van der Waals surface area (Å²) in [5.74, 6) is -0.628. The third-order valence-corrected chi connectivity index (χ3v) is 3.75. The maximum atomic E-state index is 12.8. The largest absolute Gasteiger partial charge is 0.322 e. The van der Waals surface area contributed by atoms with Gasteiger partial charge in [-0.25, -0.2) is 9.37 Å². The van der Waals surface area contributed by atoms with E-state index in [0.717, 1.165) is 10.6 Å². The van der Waals surface area contributed by atoms with Gasteiger partial charge >= 0.3 is 0 Å². The van der Waals surface area contributed by atoms with E-state index in [-0.39, 0.29) is 11.7 Å². The number of nitrogens with one attached hydrogen (secondary N) is 1. The quantitative estimate of drug-likeness (QED) is 0.787. The number of hydrogen-bond donors (Lipinski definition) is 1. The molecule has 0 aliphatic rings. The minimum absolute atomic E-state index is 0.267. The molecule has 1 amide bonds. The van der Waals surface area contributed by atoms with Gasteiger partial charge in [-0.15, -0.1) is 11.3 Å². The van der Waals surface area contributed by atoms with Crippen molar-refractivity contribution in [2.24, 2.45) is 0 Å². The zero-order valence-corrected chi connectivity index (χ0v) is 11.7. The van der Waals surface area contributed by atoms with Crippen molar-refractivity contribution < 1.29 is 9.18 Å². The molecular weight excluding hydrogens is 287 g/mol. The number of aromatic nitrogens is 1. The third kappa shape index (κ3) is 3.14. The van der Waals surface area contributed by atoms with Gasteiger partial charge in [0.1, 0.15) is 10.8 Å². The first-order valence-corrected chi connectivity index (χ1v) is 7.17. The topological polar surface area (TPSA) is 42.0 Å². The van der Waals surface area contributed by atoms with E-state index in [4.69, 9.17) is 0 Å². The predicted octanol–water partition coefficient (Wildman–Crippen LogP) is 4.20. The molecule has 1 heterocycles. The van der Waals surface area contributed by atoms with Crippen LogP contribution in [0.3, 0.4) is 0 Å². The Labute approximate surface area is 125 Å². The summed E-state index contributed by atoms with van der Waals surface area (Å²) in [5.41, 5.74) is 2.11. The molecule has 21 heavy (non-hydrogen) atoms. The molecule has 3 rings (SSSR count). The molecule has 104 valence electrons. The van der Waals surface area contributed by atoms with Crippen LogP contribution in [-0.2, 0) is 0 Å². The molecule has 0 radical (unpaired) electrons. The molecule has 5 heteroatoms. The lowest BCUT2D eigenvalue weighted by molar-refractivity contribution is 0.102. The van der Waals surface area contributed by atoms with Gasteiger partial charge in [0.15, 0.2) is 0 Å². The zero-order chi connectivity index (χ0) is 14.7. The highest BCUT2D eigenvalue weighted by Crippen LogP contribution is 2.23. The summed E-state index contributed by atoms with van der Waals surface area (Å²) in [6.07, 6.45) is 1.75. The van der Waals surface area contributed by atoms with Crippen LogP contribution in [0.2, 0.25) is 0 Å². The number of amides is 1. The molecule has 2 aromatic carbocycles. The lowest BCUT2D eigenvalue weighted by Gasteiger charge is -2.06. The number of rotatable bonds is 3. The van der Waals surface area contributed by atoms with Crippen LogP contribution in [0.4, 0.5) is 10.1 Å². The summed E-state index contributed by atoms with van der Waals surface area (Å²) < 4.78 is 12.8. The number of halogens is 1. The van der Waals surface area contributed by atoms with Crippen LogP contribution in [0.25, 0.3) is 10.6 Å². The first-order valence-electron chi connectivity index (χ1n) is 6.29. The molecule has 0 saturated heterocycles. The monoisotopic (exact) mass is 298 g/mol. The Bertz CT molecular complexity index is 737. The Kier molecular flexibility index (Phi) is 3.75. The van der Waals surface area contributed by atoms with Gasteiger partial charge in [-0.05, 0) is 48.5 Å². The second-order valence-corrected chi connectivity index (χ2v) is 5.27. The highest BCUT2D eigenvalue weighted by Gasteiger charge is 2.06. The number of anilines is 1. The van der Waals surface area contributed by atoms with Crippen molar-refractivity contribution >= 4 is 22.9 Å². The maximum Gasteiger partial charge on any atom is 0.255 e. The van der Waals surface area contributed by atoms with E-state index in [1.165, 1.54) is 24.3 Å². The molecule has 3 aromatic rings. The highest BCUT2D eigenvalue weighted by atomic mass is 32.1. The summed E-state index contributed by atoms with van der Waals surface area (Å²) in [5, 5.41) is 5.62. The minimum Gasteiger partial charge on any atom is -0.322 e. The maximum absolute atomic E-state index is 12.8. The Morgan fingerprint density at radius 2 is 1.76 bits per heavy atom. The first-order chi connectivity index (χ1) is 10.2. The Hall–Kier alpha value is -2.53. The van der Waals surface area contributed by atoms with E-state index in [9.17, 15) is 9.18 Å². The van der Waals surface area contributed by atoms with Crippen molar-refractivity contribution in [2.45, 2.75) is 0 Å². The lowest BCUT2D eigenvalue weighted by Crippen LogP contribution is -2.11. The summed E-state index contributed by atoms with van der Waals surface area (Å²) >= 11 is 1.56. The SMILES string of the molecule is O=C(Nc1ccc(-c2nccs2)cc1)c1ccc(F)cc1. The van der Waals surface area contributed by atoms with Crippen LogP contribution in [0, 0.1) is 5.82 Å². The van der Waals surface area contributed by atoms with E-state index in [1.54, 1.807) is 17.5 Å². The zero-order valence-electron chi connectivity index (χ0n) is 10.9. The van der Waals surface area contributed by atoms with Gasteiger partial charge in [0, 0.05) is 28.4 Å². The Morgan fingerprint density at radius 3 is 2.38 bits per heavy atom. The molecule has 0 spiro atoms. The van der Waals surface area contributed by atoms with Gasteiger partial charge in [-0.2, -0.15) is 0 Å². The van der Waals surface area contributed by atoms with E-state index >= 15 is 0 Å². The molecular formula is C16H11FN2OS. The molecule has 0 aliphatic heterocycles. The van der Waals surface area contributed by atoms with E-state index in [2.05, 4.69) is 10.3 Å². The van der Waals surface area contributed by atoms with Crippen LogP contribution in [-0.4, -0.2) is 10.9 Å². The van der Waals surface area contributed by atoms with Crippen molar-refractivity contribution in [3.63, 3.8) is 0 Å². The number of benzene rings is 2. The lowest BCUT2D eigenvalue weighted by atomic mass is 10.2. The van der Waals surface area contributed by atoms with Crippen molar-refractivity contribution in [3.8, 4) is 10.6 Å². The van der Waals surface area contributed by atoms with E-state index in [1.807, 2.05) is 29.6 Å². The molecule has 1 aromatic heterocycles. The van der Waals surface area contributed by atoms with Crippen LogP contribution >= 0.6 is 11.3 Å². The summed E-state index contributed by atoms with van der Waals surface area (Å²) in [4.78, 5) is 16.2. The van der Waals surface area contributed by atoms with E-state index < -0.39 is 0 Å². The van der Waals surface area contributed by atoms with Crippen molar-refractivity contribution in [3.05, 3.63) is 71.5 Å². The number of carbonyl (C=O) groups is 1. The van der Waals surface area contributed by atoms with Crippen molar-refractivity contribution in [1.29, 1.82) is 0 Å². The standard InChI is InChI=1S/C16H11FN2OS/c17-13-5-1-11(2-6-13)15(20)19-14-7-3-12(4-8-14)16-18-9-10-21-16/h1-10H,(H,19,20). The molecule has 0 saturated carbocycles. The first kappa shape index (κ1) is 13.5. The molecule has 0 bridgehead atoms. The highest BCUT2D eigenvalue weighted by molar-refractivity contribution is 7.13. The van der Waals surface area contributed by atoms with Crippen LogP contribution in [0.15, 0.2) is 60.1 Å². The van der Waals surface area contributed by atoms with Crippen LogP contribution in [0.1, 0.15) is 10.4 Å². The van der Waals surface area contributed by atoms with E-state index in [0.29, 0.717) is 11.3 Å². The smallest absolute Gasteiger partial charge is 0.255 e.